The molecule has 0 spiro atoms. The van der Waals surface area contributed by atoms with Crippen molar-refractivity contribution in [2.45, 2.75) is 6.04 Å². The van der Waals surface area contributed by atoms with Crippen molar-refractivity contribution in [2.75, 3.05) is 12.0 Å². The molecule has 1 heterocycles. The third-order valence-corrected chi connectivity index (χ3v) is 5.85. The van der Waals surface area contributed by atoms with E-state index in [4.69, 9.17) is 39.5 Å². The number of benzene rings is 3. The topological polar surface area (TPSA) is 66.8 Å². The molecule has 0 saturated carbocycles. The number of carbonyl (C=O) groups excluding carboxylic acids is 2. The lowest BCUT2D eigenvalue weighted by Gasteiger charge is -2.25. The van der Waals surface area contributed by atoms with E-state index in [1.807, 2.05) is 6.07 Å². The molecule has 0 radical (unpaired) electrons. The van der Waals surface area contributed by atoms with Gasteiger partial charge >= 0.3 is 0 Å². The Morgan fingerprint density at radius 2 is 1.66 bits per heavy atom. The molecule has 8 heteroatoms. The van der Waals surface area contributed by atoms with Gasteiger partial charge in [-0.2, -0.15) is 0 Å². The fourth-order valence-corrected chi connectivity index (χ4v) is 4.52. The number of nitrogens with zero attached hydrogens (tertiary/aromatic N) is 1. The predicted octanol–water partition coefficient (Wildman–Crippen LogP) is 6.28. The van der Waals surface area contributed by atoms with Gasteiger partial charge in [0.25, 0.3) is 11.7 Å². The summed E-state index contributed by atoms with van der Waals surface area (Å²) in [5, 5.41) is 12.1. The van der Waals surface area contributed by atoms with Crippen LogP contribution in [0.3, 0.4) is 0 Å². The van der Waals surface area contributed by atoms with Gasteiger partial charge in [-0.15, -0.1) is 0 Å². The summed E-state index contributed by atoms with van der Waals surface area (Å²) in [5.41, 5.74) is 1.04. The molecule has 0 aromatic heterocycles. The van der Waals surface area contributed by atoms with Gasteiger partial charge in [-0.05, 0) is 35.9 Å². The number of Topliss-reactive ketones (excluding diaryl/α,β-unsaturated/α-hetero) is 1. The summed E-state index contributed by atoms with van der Waals surface area (Å²) in [6.07, 6.45) is 0. The van der Waals surface area contributed by atoms with Gasteiger partial charge in [0, 0.05) is 15.7 Å². The van der Waals surface area contributed by atoms with Gasteiger partial charge in [0.15, 0.2) is 0 Å². The highest BCUT2D eigenvalue weighted by Gasteiger charge is 2.47. The number of hydrogen-bond donors (Lipinski definition) is 1. The molecule has 1 aliphatic rings. The molecule has 162 valence electrons. The quantitative estimate of drug-likeness (QED) is 0.266. The molecule has 32 heavy (non-hydrogen) atoms. The molecule has 1 atom stereocenters. The summed E-state index contributed by atoms with van der Waals surface area (Å²) in [5.74, 6) is -1.96. The maximum Gasteiger partial charge on any atom is 0.300 e. The van der Waals surface area contributed by atoms with E-state index in [0.29, 0.717) is 16.3 Å². The van der Waals surface area contributed by atoms with Crippen molar-refractivity contribution in [2.24, 2.45) is 0 Å². The summed E-state index contributed by atoms with van der Waals surface area (Å²) in [6.45, 7) is 0. The highest BCUT2D eigenvalue weighted by Crippen LogP contribution is 2.45. The fraction of sp³-hybridized carbons (Fsp3) is 0.0833. The molecule has 5 nitrogen and oxygen atoms in total. The molecule has 1 aliphatic heterocycles. The number of halogens is 3. The van der Waals surface area contributed by atoms with E-state index in [-0.39, 0.29) is 26.9 Å². The number of aliphatic hydroxyl groups excluding tert-OH is 1. The second-order valence-electron chi connectivity index (χ2n) is 7.03. The molecule has 4 rings (SSSR count). The Kier molecular flexibility index (Phi) is 6.15. The third kappa shape index (κ3) is 3.84. The van der Waals surface area contributed by atoms with Gasteiger partial charge in [-0.1, -0.05) is 71.2 Å². The Hall–Kier alpha value is -2.99. The van der Waals surface area contributed by atoms with Crippen molar-refractivity contribution in [1.29, 1.82) is 0 Å². The first-order chi connectivity index (χ1) is 15.3. The highest BCUT2D eigenvalue weighted by molar-refractivity contribution is 6.52. The number of ketones is 1. The van der Waals surface area contributed by atoms with Crippen molar-refractivity contribution < 1.29 is 19.4 Å². The van der Waals surface area contributed by atoms with Crippen molar-refractivity contribution in [3.63, 3.8) is 0 Å². The lowest BCUT2D eigenvalue weighted by atomic mass is 9.95. The van der Waals surface area contributed by atoms with Crippen LogP contribution in [-0.4, -0.2) is 23.9 Å². The average Bonchev–Trinajstić information content (AvgIpc) is 3.04. The summed E-state index contributed by atoms with van der Waals surface area (Å²) >= 11 is 18.5. The average molecular weight is 489 g/mol. The van der Waals surface area contributed by atoms with E-state index >= 15 is 0 Å². The van der Waals surface area contributed by atoms with Crippen LogP contribution in [0.4, 0.5) is 5.69 Å². The van der Waals surface area contributed by atoms with Crippen LogP contribution in [0.5, 0.6) is 5.75 Å². The van der Waals surface area contributed by atoms with E-state index in [1.54, 1.807) is 48.5 Å². The Bertz CT molecular complexity index is 1260. The predicted molar refractivity (Wildman–Crippen MR) is 126 cm³/mol. The molecule has 0 bridgehead atoms. The van der Waals surface area contributed by atoms with Crippen molar-refractivity contribution >= 4 is 57.9 Å². The molecular weight excluding hydrogens is 473 g/mol. The van der Waals surface area contributed by atoms with Gasteiger partial charge in [0.05, 0.1) is 29.3 Å². The summed E-state index contributed by atoms with van der Waals surface area (Å²) < 4.78 is 5.33. The van der Waals surface area contributed by atoms with Gasteiger partial charge in [-0.3, -0.25) is 14.5 Å². The number of ether oxygens (including phenoxy) is 1. The zero-order valence-corrected chi connectivity index (χ0v) is 18.9. The van der Waals surface area contributed by atoms with Crippen LogP contribution < -0.4 is 9.64 Å². The highest BCUT2D eigenvalue weighted by atomic mass is 35.5. The second-order valence-corrected chi connectivity index (χ2v) is 8.31. The smallest absolute Gasteiger partial charge is 0.300 e. The number of carbonyl (C=O) groups is 2. The Morgan fingerprint density at radius 1 is 0.938 bits per heavy atom. The van der Waals surface area contributed by atoms with E-state index in [0.717, 1.165) is 0 Å². The summed E-state index contributed by atoms with van der Waals surface area (Å²) in [7, 11) is 1.38. The van der Waals surface area contributed by atoms with Crippen molar-refractivity contribution in [3.8, 4) is 5.75 Å². The molecule has 0 aliphatic carbocycles. The van der Waals surface area contributed by atoms with Crippen LogP contribution in [0.15, 0.2) is 72.3 Å². The Labute approximate surface area is 199 Å². The van der Waals surface area contributed by atoms with Crippen LogP contribution in [0.25, 0.3) is 5.76 Å². The number of hydrogen-bond acceptors (Lipinski definition) is 4. The number of amides is 1. The second kappa shape index (κ2) is 8.87. The van der Waals surface area contributed by atoms with E-state index in [1.165, 1.54) is 24.1 Å². The molecule has 1 saturated heterocycles. The number of rotatable bonds is 4. The number of aliphatic hydroxyl groups is 1. The normalized spacial score (nSPS) is 17.6. The lowest BCUT2D eigenvalue weighted by Crippen LogP contribution is -2.29. The monoisotopic (exact) mass is 487 g/mol. The summed E-state index contributed by atoms with van der Waals surface area (Å²) in [4.78, 5) is 27.6. The van der Waals surface area contributed by atoms with Crippen LogP contribution in [0, 0.1) is 0 Å². The van der Waals surface area contributed by atoms with E-state index < -0.39 is 23.5 Å². The minimum atomic E-state index is -0.905. The minimum Gasteiger partial charge on any atom is -0.507 e. The fourth-order valence-electron chi connectivity index (χ4n) is 3.76. The number of anilines is 1. The Morgan fingerprint density at radius 3 is 2.31 bits per heavy atom. The SMILES string of the molecule is COc1c(Cl)cc(Cl)cc1/C(O)=C1\C(=O)C(=O)N(c2cccc(Cl)c2)C1c1ccccc1. The first kappa shape index (κ1) is 22.2. The van der Waals surface area contributed by atoms with Gasteiger partial charge in [-0.25, -0.2) is 0 Å². The van der Waals surface area contributed by atoms with Crippen molar-refractivity contribution in [1.82, 2.24) is 0 Å². The minimum absolute atomic E-state index is 0.107. The molecule has 3 aromatic rings. The summed E-state index contributed by atoms with van der Waals surface area (Å²) in [6, 6.07) is 17.5. The van der Waals surface area contributed by atoms with Gasteiger partial charge in [0.2, 0.25) is 0 Å². The van der Waals surface area contributed by atoms with Crippen LogP contribution in [0.2, 0.25) is 15.1 Å². The molecule has 3 aromatic carbocycles. The van der Waals surface area contributed by atoms with E-state index in [9.17, 15) is 14.7 Å². The zero-order valence-electron chi connectivity index (χ0n) is 16.7. The van der Waals surface area contributed by atoms with Gasteiger partial charge < -0.3 is 9.84 Å². The molecule has 1 fully saturated rings. The molecule has 1 N–H and O–H groups in total. The van der Waals surface area contributed by atoms with Crippen LogP contribution in [-0.2, 0) is 9.59 Å². The first-order valence-electron chi connectivity index (χ1n) is 9.48. The largest absolute Gasteiger partial charge is 0.507 e. The third-order valence-electron chi connectivity index (χ3n) is 5.11. The first-order valence-corrected chi connectivity index (χ1v) is 10.6. The maximum absolute atomic E-state index is 13.2. The van der Waals surface area contributed by atoms with Crippen molar-refractivity contribution in [3.05, 3.63) is 98.5 Å². The van der Waals surface area contributed by atoms with Gasteiger partial charge in [0.1, 0.15) is 11.5 Å². The zero-order chi connectivity index (χ0) is 23.0. The molecular formula is C24H16Cl3NO4. The van der Waals surface area contributed by atoms with Crippen LogP contribution in [0.1, 0.15) is 17.2 Å². The maximum atomic E-state index is 13.2. The van der Waals surface area contributed by atoms with E-state index in [2.05, 4.69) is 0 Å². The Balaban J connectivity index is 2.01. The standard InChI is InChI=1S/C24H16Cl3NO4/c1-32-23-17(11-15(26)12-18(23)27)21(29)19-20(13-6-3-2-4-7-13)28(24(31)22(19)30)16-9-5-8-14(25)10-16/h2-12,20,29H,1H3/b21-19+. The molecule has 1 amide bonds. The lowest BCUT2D eigenvalue weighted by molar-refractivity contribution is -0.132. The number of methoxy groups -OCH3 is 1. The molecule has 1 unspecified atom stereocenters. The van der Waals surface area contributed by atoms with Crippen LogP contribution >= 0.6 is 34.8 Å².